The second-order valence-electron chi connectivity index (χ2n) is 20.5. The Kier molecular flexibility index (Phi) is 14.7. The lowest BCUT2D eigenvalue weighted by molar-refractivity contribution is 0.717. The molecule has 0 aliphatic heterocycles. The van der Waals surface area contributed by atoms with Crippen LogP contribution in [0.2, 0.25) is 0 Å². The predicted octanol–water partition coefficient (Wildman–Crippen LogP) is 12.4. The fourth-order valence-corrected chi connectivity index (χ4v) is 11.2. The molecule has 88 heavy (non-hydrogen) atoms. The molecule has 0 amide bonds. The van der Waals surface area contributed by atoms with E-state index in [-0.39, 0.29) is 0 Å². The van der Waals surface area contributed by atoms with E-state index >= 15 is 0 Å². The number of rotatable bonds is 0. The molecule has 0 unspecified atom stereocenters. The lowest BCUT2D eigenvalue weighted by Gasteiger charge is -2.17. The van der Waals surface area contributed by atoms with Crippen molar-refractivity contribution in [2.24, 2.45) is 40.4 Å². The Hall–Kier alpha value is -12.6. The van der Waals surface area contributed by atoms with Crippen LogP contribution >= 0.6 is 0 Å². The summed E-state index contributed by atoms with van der Waals surface area (Å²) < 4.78 is 9.13. The van der Waals surface area contributed by atoms with Gasteiger partial charge in [0.15, 0.2) is 0 Å². The highest BCUT2D eigenvalue weighted by molar-refractivity contribution is 6.00. The molecule has 5 aromatic heterocycles. The molecular formula is C70H50N18. The first-order chi connectivity index (χ1) is 43.2. The number of fused-ring (bicyclic) bond motifs is 23. The minimum absolute atomic E-state index is 0.872. The summed E-state index contributed by atoms with van der Waals surface area (Å²) in [6.07, 6.45) is 0. The van der Waals surface area contributed by atoms with Crippen molar-refractivity contribution in [1.82, 2.24) is 75.0 Å². The number of hydrogen-bond acceptors (Lipinski definition) is 11. The Labute approximate surface area is 506 Å². The Balaban J connectivity index is 0.000000107. The van der Waals surface area contributed by atoms with E-state index in [9.17, 15) is 0 Å². The van der Waals surface area contributed by atoms with Gasteiger partial charge in [-0.2, -0.15) is 0 Å². The van der Waals surface area contributed by atoms with Gasteiger partial charge in [0.25, 0.3) is 0 Å². The molecular weight excluding hydrogens is 1090 g/mol. The number of nitrogens with zero attached hydrogens (tertiary/aromatic N) is 18. The summed E-state index contributed by atoms with van der Waals surface area (Å²) in [6, 6.07) is 65.0. The van der Waals surface area contributed by atoms with Crippen LogP contribution in [0.15, 0.2) is 199 Å². The Morgan fingerprint density at radius 1 is 0.273 bits per heavy atom. The SMILES string of the molecule is C1#Cc2ccccc2C#Cc2ccccc21.CN=[N+]=[N-].Cn1nnc2c1-c1ccccc1-c1c(nnn1C)-c1ccccc1-2.Cn1nnc2c1-c1ccccc1-c1nnn(C)c1-c1ccccc1-2.Cn1nnc2c1-c1ccccc1C#Cc1ccccc1-2. The zero-order valence-electron chi connectivity index (χ0n) is 48.5. The molecule has 0 saturated heterocycles. The van der Waals surface area contributed by atoms with E-state index in [4.69, 9.17) is 5.53 Å². The summed E-state index contributed by atoms with van der Waals surface area (Å²) in [7, 11) is 11.0. The average Bonchev–Trinajstić information content (AvgIpc) is 1.71. The molecule has 0 saturated carbocycles. The minimum atomic E-state index is 0.872. The molecule has 0 radical (unpaired) electrons. The van der Waals surface area contributed by atoms with E-state index in [1.54, 1.807) is 0 Å². The first-order valence-corrected chi connectivity index (χ1v) is 27.9. The van der Waals surface area contributed by atoms with Gasteiger partial charge in [-0.05, 0) is 41.9 Å². The van der Waals surface area contributed by atoms with Crippen molar-refractivity contribution >= 4 is 0 Å². The number of hydrogen-bond donors (Lipinski definition) is 0. The van der Waals surface area contributed by atoms with Gasteiger partial charge < -0.3 is 0 Å². The first kappa shape index (κ1) is 54.7. The van der Waals surface area contributed by atoms with Crippen LogP contribution < -0.4 is 0 Å². The van der Waals surface area contributed by atoms with Crippen LogP contribution in [-0.2, 0) is 35.2 Å². The van der Waals surface area contributed by atoms with Crippen LogP contribution in [0, 0.1) is 35.5 Å². The van der Waals surface area contributed by atoms with Crippen LogP contribution in [-0.4, -0.2) is 82.0 Å². The number of benzene rings is 8. The molecule has 13 aromatic rings. The lowest BCUT2D eigenvalue weighted by atomic mass is 9.89. The zero-order chi connectivity index (χ0) is 60.3. The summed E-state index contributed by atoms with van der Waals surface area (Å²) >= 11 is 0. The Bertz CT molecular complexity index is 4830. The molecule has 0 fully saturated rings. The highest BCUT2D eigenvalue weighted by Gasteiger charge is 2.30. The van der Waals surface area contributed by atoms with Gasteiger partial charge in [-0.1, -0.05) is 224 Å². The van der Waals surface area contributed by atoms with E-state index in [1.807, 2.05) is 198 Å². The summed E-state index contributed by atoms with van der Waals surface area (Å²) in [6.45, 7) is 0. The summed E-state index contributed by atoms with van der Waals surface area (Å²) in [5.41, 5.74) is 33.3. The maximum Gasteiger partial charge on any atom is 0.122 e. The first-order valence-electron chi connectivity index (χ1n) is 27.9. The maximum absolute atomic E-state index is 7.33. The van der Waals surface area contributed by atoms with Gasteiger partial charge in [0.05, 0.1) is 28.5 Å². The van der Waals surface area contributed by atoms with Crippen molar-refractivity contribution in [2.45, 2.75) is 0 Å². The standard InChI is InChI=1S/2C18H14N6.C17H11N3.C16H8.CH3N3/c1-23-17-13-9-5-3-7-11(13)16-18(24(2)22-20-16)14-10-6-4-8-12(14)15(17)19-21-23;1-23-17-13-9-5-6-10-14(13)18-16(20-22-24(18)2)12-8-4-3-7-11(12)15(17)19-21-23;1-20-17-15-9-5-3-7-13(15)11-10-12-6-2-4-8-14(12)16(17)18-19-20;1-2-6-14-11-12-16-8-4-3-7-15(16)10-9-13(14)5-1;1-3-4-2/h2*3-10H,1-2H3;2-9H,1H3;1-8H;1H3. The number of aromatic nitrogens is 15. The molecule has 0 atom stereocenters. The second kappa shape index (κ2) is 23.6. The minimum Gasteiger partial charge on any atom is -0.247 e. The Morgan fingerprint density at radius 3 is 0.750 bits per heavy atom. The molecule has 8 aromatic carbocycles. The van der Waals surface area contributed by atoms with Crippen LogP contribution in [0.4, 0.5) is 0 Å². The van der Waals surface area contributed by atoms with Gasteiger partial charge >= 0.3 is 0 Å². The van der Waals surface area contributed by atoms with Crippen LogP contribution in [0.25, 0.3) is 123 Å². The maximum atomic E-state index is 7.33. The number of azide groups is 1. The molecule has 5 heterocycles. The second-order valence-corrected chi connectivity index (χ2v) is 20.5. The zero-order valence-corrected chi connectivity index (χ0v) is 48.5. The fraction of sp³-hybridized carbons (Fsp3) is 0.0857. The van der Waals surface area contributed by atoms with Gasteiger partial charge in [0.1, 0.15) is 28.5 Å². The van der Waals surface area contributed by atoms with Crippen molar-refractivity contribution in [3.63, 3.8) is 0 Å². The van der Waals surface area contributed by atoms with E-state index in [0.29, 0.717) is 0 Å². The van der Waals surface area contributed by atoms with E-state index in [0.717, 1.165) is 146 Å². The highest BCUT2D eigenvalue weighted by Crippen LogP contribution is 2.47. The molecule has 4 aliphatic rings. The van der Waals surface area contributed by atoms with Crippen molar-refractivity contribution < 1.29 is 0 Å². The third-order valence-corrected chi connectivity index (χ3v) is 15.2. The molecule has 17 rings (SSSR count). The van der Waals surface area contributed by atoms with Crippen molar-refractivity contribution in [3.05, 3.63) is 238 Å². The van der Waals surface area contributed by atoms with Gasteiger partial charge in [-0.3, -0.25) is 0 Å². The molecule has 18 nitrogen and oxygen atoms in total. The third kappa shape index (κ3) is 9.99. The summed E-state index contributed by atoms with van der Waals surface area (Å²) in [5.74, 6) is 19.2. The van der Waals surface area contributed by atoms with Gasteiger partial charge in [-0.15, -0.1) is 25.5 Å². The fourth-order valence-electron chi connectivity index (χ4n) is 11.2. The van der Waals surface area contributed by atoms with Gasteiger partial charge in [0, 0.05) is 136 Å². The van der Waals surface area contributed by atoms with E-state index in [2.05, 4.69) is 152 Å². The van der Waals surface area contributed by atoms with Crippen LogP contribution in [0.1, 0.15) is 33.4 Å². The van der Waals surface area contributed by atoms with E-state index in [1.165, 1.54) is 7.05 Å². The van der Waals surface area contributed by atoms with Crippen LogP contribution in [0.5, 0.6) is 0 Å². The predicted molar refractivity (Wildman–Crippen MR) is 340 cm³/mol. The third-order valence-electron chi connectivity index (χ3n) is 15.2. The van der Waals surface area contributed by atoms with Gasteiger partial charge in [-0.25, -0.2) is 23.4 Å². The van der Waals surface area contributed by atoms with E-state index < -0.39 is 0 Å². The lowest BCUT2D eigenvalue weighted by Crippen LogP contribution is -2.02. The summed E-state index contributed by atoms with van der Waals surface area (Å²) in [5, 5.41) is 46.3. The molecule has 420 valence electrons. The topological polar surface area (TPSA) is 202 Å². The molecule has 0 spiro atoms. The Morgan fingerprint density at radius 2 is 0.455 bits per heavy atom. The normalized spacial score (nSPS) is 11.1. The largest absolute Gasteiger partial charge is 0.247 e. The van der Waals surface area contributed by atoms with Crippen molar-refractivity contribution in [2.75, 3.05) is 7.05 Å². The molecule has 0 N–H and O–H groups in total. The highest BCUT2D eigenvalue weighted by atomic mass is 15.4. The average molecular weight is 1140 g/mol. The quantitative estimate of drug-likeness (QED) is 0.0608. The van der Waals surface area contributed by atoms with Crippen molar-refractivity contribution in [3.8, 4) is 148 Å². The smallest absolute Gasteiger partial charge is 0.122 e. The molecule has 18 heteroatoms. The van der Waals surface area contributed by atoms with Crippen molar-refractivity contribution in [1.29, 1.82) is 0 Å². The molecule has 0 bridgehead atoms. The number of aryl methyl sites for hydroxylation is 5. The molecule has 4 aliphatic carbocycles. The monoisotopic (exact) mass is 1140 g/mol. The van der Waals surface area contributed by atoms with Crippen LogP contribution in [0.3, 0.4) is 0 Å². The summed E-state index contributed by atoms with van der Waals surface area (Å²) in [4.78, 5) is 2.36. The van der Waals surface area contributed by atoms with Gasteiger partial charge in [0.2, 0.25) is 0 Å².